The second-order valence-electron chi connectivity index (χ2n) is 5.78. The molecular weight excluding hydrogens is 313 g/mol. The molecule has 3 nitrogen and oxygen atoms in total. The van der Waals surface area contributed by atoms with Crippen LogP contribution in [0, 0.1) is 6.92 Å². The molecule has 5 heteroatoms. The molecule has 23 heavy (non-hydrogen) atoms. The van der Waals surface area contributed by atoms with Crippen molar-refractivity contribution in [2.45, 2.75) is 31.1 Å². The molecule has 0 fully saturated rings. The monoisotopic (exact) mass is 331 g/mol. The van der Waals surface area contributed by atoms with E-state index in [-0.39, 0.29) is 4.90 Å². The van der Waals surface area contributed by atoms with Crippen LogP contribution in [0.3, 0.4) is 0 Å². The van der Waals surface area contributed by atoms with E-state index in [1.54, 1.807) is 12.1 Å². The predicted molar refractivity (Wildman–Crippen MR) is 89.7 cm³/mol. The Morgan fingerprint density at radius 1 is 0.870 bits per heavy atom. The number of sulfonamides is 1. The van der Waals surface area contributed by atoms with Crippen molar-refractivity contribution >= 4 is 21.2 Å². The number of nitrogens with one attached hydrogen (secondary N) is 1. The maximum Gasteiger partial charge on any atom is 0.266 e. The van der Waals surface area contributed by atoms with Gasteiger partial charge in [0.05, 0.1) is 4.90 Å². The highest BCUT2D eigenvalue weighted by Gasteiger charge is 2.19. The number of benzene rings is 2. The normalized spacial score (nSPS) is 15.2. The number of aryl methyl sites for hydroxylation is 1. The highest BCUT2D eigenvalue weighted by Crippen LogP contribution is 2.39. The highest BCUT2D eigenvalue weighted by atomic mass is 32.2. The van der Waals surface area contributed by atoms with Gasteiger partial charge >= 0.3 is 0 Å². The van der Waals surface area contributed by atoms with Crippen LogP contribution in [0.25, 0.3) is 11.1 Å². The van der Waals surface area contributed by atoms with Crippen molar-refractivity contribution in [1.29, 1.82) is 0 Å². The molecule has 0 unspecified atom stereocenters. The lowest BCUT2D eigenvalue weighted by Crippen LogP contribution is -2.14. The molecule has 0 aromatic heterocycles. The molecule has 0 aliphatic heterocycles. The summed E-state index contributed by atoms with van der Waals surface area (Å²) in [5, 5.41) is 0. The Labute approximate surface area is 135 Å². The largest absolute Gasteiger partial charge is 0.266 e. The van der Waals surface area contributed by atoms with Crippen LogP contribution in [0.1, 0.15) is 36.0 Å². The van der Waals surface area contributed by atoms with E-state index in [2.05, 4.69) is 31.2 Å². The molecule has 2 aromatic carbocycles. The van der Waals surface area contributed by atoms with Crippen molar-refractivity contribution in [3.63, 3.8) is 0 Å². The van der Waals surface area contributed by atoms with E-state index in [9.17, 15) is 12.9 Å². The zero-order valence-corrected chi connectivity index (χ0v) is 13.7. The first-order chi connectivity index (χ1) is 11.0. The summed E-state index contributed by atoms with van der Waals surface area (Å²) in [6, 6.07) is 14.8. The summed E-state index contributed by atoms with van der Waals surface area (Å²) in [6.07, 6.45) is 3.08. The first kappa shape index (κ1) is 15.9. The molecule has 0 amide bonds. The lowest BCUT2D eigenvalue weighted by molar-refractivity contribution is 0.425. The molecule has 1 aliphatic rings. The van der Waals surface area contributed by atoms with Crippen LogP contribution in [0.4, 0.5) is 4.48 Å². The molecule has 0 bridgehead atoms. The lowest BCUT2D eigenvalue weighted by atomic mass is 9.96. The first-order valence-electron chi connectivity index (χ1n) is 7.53. The van der Waals surface area contributed by atoms with E-state index in [1.807, 2.05) is 0 Å². The maximum atomic E-state index is 12.3. The lowest BCUT2D eigenvalue weighted by Gasteiger charge is -2.09. The van der Waals surface area contributed by atoms with Gasteiger partial charge in [0.1, 0.15) is 0 Å². The van der Waals surface area contributed by atoms with Crippen LogP contribution in [0.2, 0.25) is 0 Å². The van der Waals surface area contributed by atoms with Crippen LogP contribution < -0.4 is 4.94 Å². The minimum atomic E-state index is -4.04. The molecule has 120 valence electrons. The van der Waals surface area contributed by atoms with Gasteiger partial charge in [-0.1, -0.05) is 42.0 Å². The first-order valence-corrected chi connectivity index (χ1v) is 9.01. The van der Waals surface area contributed by atoms with E-state index < -0.39 is 10.0 Å². The van der Waals surface area contributed by atoms with Crippen molar-refractivity contribution in [2.24, 2.45) is 0 Å². The van der Waals surface area contributed by atoms with E-state index >= 15 is 0 Å². The molecule has 2 aromatic rings. The molecule has 0 radical (unpaired) electrons. The Hall–Kier alpha value is -1.98. The van der Waals surface area contributed by atoms with Gasteiger partial charge in [0.25, 0.3) is 10.0 Å². The maximum absolute atomic E-state index is 12.3. The standard InChI is InChI=1S/C18H18FNO2S/c1-13-5-7-14(8-6-13)17-3-2-4-18(17)15-9-11-16(12-10-15)23(21,22)20-19/h5-12,20H,2-4H2,1H3. The van der Waals surface area contributed by atoms with Gasteiger partial charge in [-0.05, 0) is 65.5 Å². The number of hydrogen-bond acceptors (Lipinski definition) is 2. The number of allylic oxidation sites excluding steroid dienone is 2. The van der Waals surface area contributed by atoms with Crippen LogP contribution in [-0.2, 0) is 10.0 Å². The highest BCUT2D eigenvalue weighted by molar-refractivity contribution is 7.89. The van der Waals surface area contributed by atoms with Crippen LogP contribution in [0.5, 0.6) is 0 Å². The van der Waals surface area contributed by atoms with Crippen LogP contribution in [0.15, 0.2) is 53.4 Å². The molecule has 3 rings (SSSR count). The minimum absolute atomic E-state index is 0.0702. The van der Waals surface area contributed by atoms with Gasteiger partial charge in [0.15, 0.2) is 0 Å². The van der Waals surface area contributed by atoms with Crippen molar-refractivity contribution < 1.29 is 12.9 Å². The summed E-state index contributed by atoms with van der Waals surface area (Å²) in [4.78, 5) is 0.777. The number of hydrogen-bond donors (Lipinski definition) is 1. The van der Waals surface area contributed by atoms with Gasteiger partial charge in [-0.15, -0.1) is 4.48 Å². The summed E-state index contributed by atoms with van der Waals surface area (Å²) < 4.78 is 35.2. The van der Waals surface area contributed by atoms with Crippen LogP contribution >= 0.6 is 0 Å². The third kappa shape index (κ3) is 3.21. The zero-order valence-electron chi connectivity index (χ0n) is 12.8. The summed E-state index contributed by atoms with van der Waals surface area (Å²) in [6.45, 7) is 2.06. The van der Waals surface area contributed by atoms with E-state index in [1.165, 1.54) is 34.4 Å². The average Bonchev–Trinajstić information content (AvgIpc) is 3.05. The van der Waals surface area contributed by atoms with Gasteiger partial charge in [-0.3, -0.25) is 0 Å². The third-order valence-electron chi connectivity index (χ3n) is 4.23. The van der Waals surface area contributed by atoms with Gasteiger partial charge in [0, 0.05) is 0 Å². The fraction of sp³-hybridized carbons (Fsp3) is 0.222. The van der Waals surface area contributed by atoms with Gasteiger partial charge in [-0.2, -0.15) is 0 Å². The Morgan fingerprint density at radius 3 is 1.83 bits per heavy atom. The van der Waals surface area contributed by atoms with E-state index in [0.29, 0.717) is 0 Å². The molecule has 0 saturated carbocycles. The zero-order chi connectivity index (χ0) is 16.4. The molecule has 0 heterocycles. The summed E-state index contributed by atoms with van der Waals surface area (Å²) in [5.74, 6) is 0. The molecule has 0 atom stereocenters. The van der Waals surface area contributed by atoms with Gasteiger partial charge in [0.2, 0.25) is 0 Å². The molecule has 1 N–H and O–H groups in total. The number of rotatable bonds is 4. The quantitative estimate of drug-likeness (QED) is 0.851. The average molecular weight is 331 g/mol. The summed E-state index contributed by atoms with van der Waals surface area (Å²) in [7, 11) is -4.04. The Kier molecular flexibility index (Phi) is 4.33. The second kappa shape index (κ2) is 6.26. The summed E-state index contributed by atoms with van der Waals surface area (Å²) >= 11 is 0. The van der Waals surface area contributed by atoms with E-state index in [0.717, 1.165) is 29.8 Å². The van der Waals surface area contributed by atoms with E-state index in [4.69, 9.17) is 0 Å². The van der Waals surface area contributed by atoms with Crippen molar-refractivity contribution in [1.82, 2.24) is 4.94 Å². The fourth-order valence-corrected chi connectivity index (χ4v) is 3.60. The summed E-state index contributed by atoms with van der Waals surface area (Å²) in [5.41, 5.74) is 5.98. The van der Waals surface area contributed by atoms with Gasteiger partial charge in [-0.25, -0.2) is 8.42 Å². The molecule has 0 spiro atoms. The Morgan fingerprint density at radius 2 is 1.35 bits per heavy atom. The van der Waals surface area contributed by atoms with Crippen LogP contribution in [-0.4, -0.2) is 8.42 Å². The number of halogens is 1. The van der Waals surface area contributed by atoms with Crippen molar-refractivity contribution in [3.8, 4) is 0 Å². The third-order valence-corrected chi connectivity index (χ3v) is 5.33. The Bertz CT molecular complexity index is 838. The topological polar surface area (TPSA) is 46.2 Å². The fourth-order valence-electron chi connectivity index (χ4n) is 3.02. The molecule has 1 aliphatic carbocycles. The predicted octanol–water partition coefficient (Wildman–Crippen LogP) is 4.25. The smallest absolute Gasteiger partial charge is 0.205 e. The molecule has 0 saturated heterocycles. The SMILES string of the molecule is Cc1ccc(C2=C(c3ccc(S(=O)(=O)NF)cc3)CCC2)cc1. The second-order valence-corrected chi connectivity index (χ2v) is 7.41. The van der Waals surface area contributed by atoms with Crippen molar-refractivity contribution in [3.05, 3.63) is 65.2 Å². The Balaban J connectivity index is 1.99. The minimum Gasteiger partial charge on any atom is -0.205 e. The van der Waals surface area contributed by atoms with Gasteiger partial charge < -0.3 is 0 Å². The van der Waals surface area contributed by atoms with Crippen molar-refractivity contribution in [2.75, 3.05) is 0 Å². The molecular formula is C18H18FNO2S.